The van der Waals surface area contributed by atoms with Crippen molar-refractivity contribution in [1.82, 2.24) is 5.32 Å². The quantitative estimate of drug-likeness (QED) is 0.840. The second-order valence-corrected chi connectivity index (χ2v) is 5.60. The first-order chi connectivity index (χ1) is 9.04. The van der Waals surface area contributed by atoms with Crippen LogP contribution in [-0.4, -0.2) is 23.2 Å². The molecule has 1 amide bonds. The van der Waals surface area contributed by atoms with E-state index in [0.717, 1.165) is 24.8 Å². The van der Waals surface area contributed by atoms with E-state index >= 15 is 0 Å². The SMILES string of the molecule is O=C(/C=C/c1ccc(Cl)c(Cl)c1)NC1(CO)CCC1. The van der Waals surface area contributed by atoms with Crippen molar-refractivity contribution in [2.45, 2.75) is 24.8 Å². The molecule has 1 aromatic carbocycles. The highest BCUT2D eigenvalue weighted by Crippen LogP contribution is 2.31. The molecular weight excluding hydrogens is 285 g/mol. The summed E-state index contributed by atoms with van der Waals surface area (Å²) in [7, 11) is 0. The molecule has 2 N–H and O–H groups in total. The Morgan fingerprint density at radius 3 is 2.63 bits per heavy atom. The molecule has 0 radical (unpaired) electrons. The molecule has 1 aliphatic rings. The van der Waals surface area contributed by atoms with Crippen LogP contribution in [0.2, 0.25) is 10.0 Å². The van der Waals surface area contributed by atoms with Crippen LogP contribution < -0.4 is 5.32 Å². The molecule has 19 heavy (non-hydrogen) atoms. The molecule has 102 valence electrons. The van der Waals surface area contributed by atoms with E-state index in [-0.39, 0.29) is 12.5 Å². The Kier molecular flexibility index (Phi) is 4.50. The summed E-state index contributed by atoms with van der Waals surface area (Å²) in [6.07, 6.45) is 5.81. The minimum absolute atomic E-state index is 0.0145. The molecule has 0 unspecified atom stereocenters. The van der Waals surface area contributed by atoms with E-state index < -0.39 is 5.54 Å². The molecule has 5 heteroatoms. The van der Waals surface area contributed by atoms with E-state index in [0.29, 0.717) is 10.0 Å². The number of halogens is 2. The van der Waals surface area contributed by atoms with Gasteiger partial charge in [0.05, 0.1) is 22.2 Å². The summed E-state index contributed by atoms with van der Waals surface area (Å²) in [6.45, 7) is -0.0145. The Morgan fingerprint density at radius 2 is 2.11 bits per heavy atom. The standard InChI is InChI=1S/C14H15Cl2NO2/c15-11-4-2-10(8-12(11)16)3-5-13(19)17-14(9-18)6-1-7-14/h2-5,8,18H,1,6-7,9H2,(H,17,19)/b5-3+. The normalized spacial score (nSPS) is 17.2. The third-order valence-corrected chi connectivity index (χ3v) is 4.11. The van der Waals surface area contributed by atoms with Crippen LogP contribution in [0, 0.1) is 0 Å². The van der Waals surface area contributed by atoms with Gasteiger partial charge in [-0.25, -0.2) is 0 Å². The van der Waals surface area contributed by atoms with Crippen LogP contribution in [-0.2, 0) is 4.79 Å². The lowest BCUT2D eigenvalue weighted by Crippen LogP contribution is -2.55. The van der Waals surface area contributed by atoms with E-state index in [1.807, 2.05) is 0 Å². The number of hydrogen-bond acceptors (Lipinski definition) is 2. The van der Waals surface area contributed by atoms with E-state index in [9.17, 15) is 9.90 Å². The fourth-order valence-electron chi connectivity index (χ4n) is 2.02. The molecule has 0 bridgehead atoms. The lowest BCUT2D eigenvalue weighted by atomic mass is 9.77. The third-order valence-electron chi connectivity index (χ3n) is 3.37. The van der Waals surface area contributed by atoms with Crippen LogP contribution in [0.3, 0.4) is 0 Å². The molecule has 0 aliphatic heterocycles. The molecule has 3 nitrogen and oxygen atoms in total. The van der Waals surface area contributed by atoms with E-state index in [1.54, 1.807) is 24.3 Å². The van der Waals surface area contributed by atoms with Gasteiger partial charge in [0.2, 0.25) is 5.91 Å². The fraction of sp³-hybridized carbons (Fsp3) is 0.357. The Bertz CT molecular complexity index is 505. The number of nitrogens with one attached hydrogen (secondary N) is 1. The van der Waals surface area contributed by atoms with Gasteiger partial charge in [-0.1, -0.05) is 29.3 Å². The average molecular weight is 300 g/mol. The maximum absolute atomic E-state index is 11.8. The number of benzene rings is 1. The average Bonchev–Trinajstić information content (AvgIpc) is 2.35. The molecular formula is C14H15Cl2NO2. The van der Waals surface area contributed by atoms with Gasteiger partial charge < -0.3 is 10.4 Å². The first-order valence-electron chi connectivity index (χ1n) is 6.11. The summed E-state index contributed by atoms with van der Waals surface area (Å²) in [6, 6.07) is 5.16. The highest BCUT2D eigenvalue weighted by atomic mass is 35.5. The highest BCUT2D eigenvalue weighted by molar-refractivity contribution is 6.42. The third kappa shape index (κ3) is 3.50. The van der Waals surface area contributed by atoms with Crippen molar-refractivity contribution in [2.75, 3.05) is 6.61 Å². The smallest absolute Gasteiger partial charge is 0.244 e. The predicted octanol–water partition coefficient (Wildman–Crippen LogP) is 3.04. The lowest BCUT2D eigenvalue weighted by Gasteiger charge is -2.40. The van der Waals surface area contributed by atoms with Crippen molar-refractivity contribution in [1.29, 1.82) is 0 Å². The van der Waals surface area contributed by atoms with E-state index in [1.165, 1.54) is 6.08 Å². The van der Waals surface area contributed by atoms with Crippen LogP contribution in [0.25, 0.3) is 6.08 Å². The van der Waals surface area contributed by atoms with Crippen molar-refractivity contribution < 1.29 is 9.90 Å². The zero-order valence-corrected chi connectivity index (χ0v) is 11.8. The zero-order chi connectivity index (χ0) is 13.9. The Labute approximate surface area is 122 Å². The minimum atomic E-state index is -0.418. The number of carbonyl (C=O) groups is 1. The number of amides is 1. The van der Waals surface area contributed by atoms with Gasteiger partial charge in [-0.15, -0.1) is 0 Å². The van der Waals surface area contributed by atoms with Gasteiger partial charge in [0.15, 0.2) is 0 Å². The molecule has 0 aromatic heterocycles. The molecule has 1 saturated carbocycles. The largest absolute Gasteiger partial charge is 0.394 e. The number of aliphatic hydroxyl groups is 1. The molecule has 0 atom stereocenters. The molecule has 1 aliphatic carbocycles. The summed E-state index contributed by atoms with van der Waals surface area (Å²) < 4.78 is 0. The molecule has 2 rings (SSSR count). The monoisotopic (exact) mass is 299 g/mol. The summed E-state index contributed by atoms with van der Waals surface area (Å²) >= 11 is 11.7. The van der Waals surface area contributed by atoms with Crippen molar-refractivity contribution in [3.8, 4) is 0 Å². The second-order valence-electron chi connectivity index (χ2n) is 4.79. The van der Waals surface area contributed by atoms with Crippen LogP contribution in [0.5, 0.6) is 0 Å². The van der Waals surface area contributed by atoms with Gasteiger partial charge in [-0.05, 0) is 43.0 Å². The van der Waals surface area contributed by atoms with Crippen molar-refractivity contribution >= 4 is 35.2 Å². The van der Waals surface area contributed by atoms with Crippen LogP contribution in [0.15, 0.2) is 24.3 Å². The molecule has 1 aromatic rings. The van der Waals surface area contributed by atoms with Crippen molar-refractivity contribution in [3.05, 3.63) is 39.9 Å². The topological polar surface area (TPSA) is 49.3 Å². The molecule has 0 spiro atoms. The highest BCUT2D eigenvalue weighted by Gasteiger charge is 2.37. The van der Waals surface area contributed by atoms with Gasteiger partial charge in [0.1, 0.15) is 0 Å². The Hall–Kier alpha value is -1.03. The van der Waals surface area contributed by atoms with Crippen molar-refractivity contribution in [2.24, 2.45) is 0 Å². The number of aliphatic hydroxyl groups excluding tert-OH is 1. The first kappa shape index (κ1) is 14.4. The Morgan fingerprint density at radius 1 is 1.37 bits per heavy atom. The summed E-state index contributed by atoms with van der Waals surface area (Å²) in [4.78, 5) is 11.8. The minimum Gasteiger partial charge on any atom is -0.394 e. The molecule has 0 saturated heterocycles. The predicted molar refractivity (Wildman–Crippen MR) is 77.3 cm³/mol. The molecule has 0 heterocycles. The van der Waals surface area contributed by atoms with Crippen LogP contribution in [0.4, 0.5) is 0 Å². The maximum Gasteiger partial charge on any atom is 0.244 e. The van der Waals surface area contributed by atoms with E-state index in [2.05, 4.69) is 5.32 Å². The Balaban J connectivity index is 1.98. The number of hydrogen-bond donors (Lipinski definition) is 2. The van der Waals surface area contributed by atoms with Crippen LogP contribution in [0.1, 0.15) is 24.8 Å². The van der Waals surface area contributed by atoms with Gasteiger partial charge in [-0.2, -0.15) is 0 Å². The summed E-state index contributed by atoms with van der Waals surface area (Å²) in [5.74, 6) is -0.208. The van der Waals surface area contributed by atoms with Gasteiger partial charge in [-0.3, -0.25) is 4.79 Å². The second kappa shape index (κ2) is 5.95. The van der Waals surface area contributed by atoms with Crippen molar-refractivity contribution in [3.63, 3.8) is 0 Å². The van der Waals surface area contributed by atoms with Crippen LogP contribution >= 0.6 is 23.2 Å². The van der Waals surface area contributed by atoms with E-state index in [4.69, 9.17) is 23.2 Å². The maximum atomic E-state index is 11.8. The molecule has 1 fully saturated rings. The van der Waals surface area contributed by atoms with Gasteiger partial charge >= 0.3 is 0 Å². The number of carbonyl (C=O) groups excluding carboxylic acids is 1. The summed E-state index contributed by atoms with van der Waals surface area (Å²) in [5.41, 5.74) is 0.384. The first-order valence-corrected chi connectivity index (χ1v) is 6.86. The number of rotatable bonds is 4. The fourth-order valence-corrected chi connectivity index (χ4v) is 2.32. The summed E-state index contributed by atoms with van der Waals surface area (Å²) in [5, 5.41) is 13.0. The lowest BCUT2D eigenvalue weighted by molar-refractivity contribution is -0.120. The zero-order valence-electron chi connectivity index (χ0n) is 10.3. The van der Waals surface area contributed by atoms with Gasteiger partial charge in [0.25, 0.3) is 0 Å². The van der Waals surface area contributed by atoms with Gasteiger partial charge in [0, 0.05) is 6.08 Å².